The maximum Gasteiger partial charge on any atom is 0.191 e. The van der Waals surface area contributed by atoms with Crippen LogP contribution in [0, 0.1) is 0 Å². The lowest BCUT2D eigenvalue weighted by atomic mass is 10.1. The fraction of sp³-hybridized carbons (Fsp3) is 0.421. The normalized spacial score (nSPS) is 12.6. The maximum atomic E-state index is 5.47. The van der Waals surface area contributed by atoms with Crippen molar-refractivity contribution in [2.75, 3.05) is 27.3 Å². The molecule has 136 valence electrons. The number of hydrogen-bond acceptors (Lipinski definition) is 4. The maximum absolute atomic E-state index is 5.47. The first-order valence-corrected chi connectivity index (χ1v) is 9.38. The van der Waals surface area contributed by atoms with Gasteiger partial charge in [-0.05, 0) is 41.3 Å². The molecule has 1 heterocycles. The van der Waals surface area contributed by atoms with E-state index in [9.17, 15) is 0 Å². The van der Waals surface area contributed by atoms with Crippen LogP contribution in [0.15, 0.2) is 40.0 Å². The van der Waals surface area contributed by atoms with Gasteiger partial charge in [0.25, 0.3) is 0 Å². The Bertz CT molecular complexity index is 671. The number of methoxy groups -OCH3 is 2. The van der Waals surface area contributed by atoms with E-state index in [0.29, 0.717) is 12.5 Å². The third-order valence-electron chi connectivity index (χ3n) is 3.92. The molecule has 1 unspecified atom stereocenters. The number of hydrogen-bond donors (Lipinski definition) is 2. The van der Waals surface area contributed by atoms with Crippen LogP contribution in [0.3, 0.4) is 0 Å². The number of guanidine groups is 1. The zero-order valence-corrected chi connectivity index (χ0v) is 16.2. The average Bonchev–Trinajstić information content (AvgIpc) is 3.18. The van der Waals surface area contributed by atoms with Gasteiger partial charge < -0.3 is 20.1 Å². The van der Waals surface area contributed by atoms with Gasteiger partial charge in [0.2, 0.25) is 0 Å². The fourth-order valence-corrected chi connectivity index (χ4v) is 3.29. The predicted molar refractivity (Wildman–Crippen MR) is 105 cm³/mol. The van der Waals surface area contributed by atoms with Crippen LogP contribution in [0.25, 0.3) is 0 Å². The van der Waals surface area contributed by atoms with E-state index < -0.39 is 0 Å². The van der Waals surface area contributed by atoms with Crippen molar-refractivity contribution in [3.8, 4) is 11.5 Å². The largest absolute Gasteiger partial charge is 0.493 e. The molecule has 0 amide bonds. The number of ether oxygens (including phenoxy) is 2. The van der Waals surface area contributed by atoms with Crippen LogP contribution in [-0.4, -0.2) is 33.3 Å². The summed E-state index contributed by atoms with van der Waals surface area (Å²) in [5.74, 6) is 2.69. The second-order valence-corrected chi connectivity index (χ2v) is 6.47. The van der Waals surface area contributed by atoms with Gasteiger partial charge in [-0.25, -0.2) is 4.99 Å². The SMILES string of the molecule is CCNC(=NCc1cccc(OC)c1OC)NCC(C)c1ccsc1. The van der Waals surface area contributed by atoms with Gasteiger partial charge in [-0.3, -0.25) is 0 Å². The Morgan fingerprint density at radius 3 is 2.68 bits per heavy atom. The molecule has 5 nitrogen and oxygen atoms in total. The smallest absolute Gasteiger partial charge is 0.191 e. The number of nitrogens with one attached hydrogen (secondary N) is 2. The summed E-state index contributed by atoms with van der Waals surface area (Å²) in [5.41, 5.74) is 2.34. The van der Waals surface area contributed by atoms with Crippen LogP contribution in [0.5, 0.6) is 11.5 Å². The second kappa shape index (κ2) is 9.93. The summed E-state index contributed by atoms with van der Waals surface area (Å²) in [4.78, 5) is 4.68. The Morgan fingerprint density at radius 1 is 1.20 bits per heavy atom. The van der Waals surface area contributed by atoms with Gasteiger partial charge in [0.05, 0.1) is 20.8 Å². The molecular weight excluding hydrogens is 334 g/mol. The summed E-state index contributed by atoms with van der Waals surface area (Å²) >= 11 is 1.73. The monoisotopic (exact) mass is 361 g/mol. The Hall–Kier alpha value is -2.21. The third kappa shape index (κ3) is 5.39. The summed E-state index contributed by atoms with van der Waals surface area (Å²) in [5, 5.41) is 11.0. The van der Waals surface area contributed by atoms with Crippen molar-refractivity contribution >= 4 is 17.3 Å². The molecule has 0 saturated carbocycles. The number of thiophene rings is 1. The van der Waals surface area contributed by atoms with Gasteiger partial charge in [0, 0.05) is 18.7 Å². The van der Waals surface area contributed by atoms with Crippen molar-refractivity contribution in [1.29, 1.82) is 0 Å². The highest BCUT2D eigenvalue weighted by molar-refractivity contribution is 7.07. The van der Waals surface area contributed by atoms with Crippen molar-refractivity contribution < 1.29 is 9.47 Å². The first-order chi connectivity index (χ1) is 12.2. The Morgan fingerprint density at radius 2 is 2.04 bits per heavy atom. The highest BCUT2D eigenvalue weighted by atomic mass is 32.1. The molecule has 0 spiro atoms. The van der Waals surface area contributed by atoms with Crippen LogP contribution in [-0.2, 0) is 6.54 Å². The van der Waals surface area contributed by atoms with Gasteiger partial charge in [0.1, 0.15) is 0 Å². The molecule has 0 aliphatic carbocycles. The van der Waals surface area contributed by atoms with E-state index in [0.717, 1.165) is 36.1 Å². The molecule has 25 heavy (non-hydrogen) atoms. The van der Waals surface area contributed by atoms with Gasteiger partial charge in [-0.1, -0.05) is 19.1 Å². The third-order valence-corrected chi connectivity index (χ3v) is 4.63. The van der Waals surface area contributed by atoms with E-state index in [-0.39, 0.29) is 0 Å². The van der Waals surface area contributed by atoms with Gasteiger partial charge >= 0.3 is 0 Å². The molecule has 0 fully saturated rings. The van der Waals surface area contributed by atoms with Crippen LogP contribution in [0.4, 0.5) is 0 Å². The molecule has 6 heteroatoms. The number of para-hydroxylation sites is 1. The Kier molecular flexibility index (Phi) is 7.60. The fourth-order valence-electron chi connectivity index (χ4n) is 2.51. The van der Waals surface area contributed by atoms with E-state index in [1.807, 2.05) is 18.2 Å². The number of rotatable bonds is 8. The molecule has 2 aromatic rings. The van der Waals surface area contributed by atoms with Crippen molar-refractivity contribution in [1.82, 2.24) is 10.6 Å². The van der Waals surface area contributed by atoms with E-state index in [1.54, 1.807) is 25.6 Å². The van der Waals surface area contributed by atoms with Crippen molar-refractivity contribution in [3.63, 3.8) is 0 Å². The first-order valence-electron chi connectivity index (χ1n) is 8.43. The molecule has 1 aromatic carbocycles. The van der Waals surface area contributed by atoms with Gasteiger partial charge in [-0.15, -0.1) is 0 Å². The molecule has 2 N–H and O–H groups in total. The van der Waals surface area contributed by atoms with E-state index in [1.165, 1.54) is 5.56 Å². The molecule has 1 atom stereocenters. The highest BCUT2D eigenvalue weighted by Crippen LogP contribution is 2.31. The molecule has 0 radical (unpaired) electrons. The van der Waals surface area contributed by atoms with Crippen LogP contribution >= 0.6 is 11.3 Å². The Balaban J connectivity index is 2.04. The quantitative estimate of drug-likeness (QED) is 0.557. The lowest BCUT2D eigenvalue weighted by molar-refractivity contribution is 0.352. The van der Waals surface area contributed by atoms with Crippen LogP contribution in [0.1, 0.15) is 30.9 Å². The molecule has 1 aromatic heterocycles. The number of benzene rings is 1. The summed E-state index contributed by atoms with van der Waals surface area (Å²) in [6.07, 6.45) is 0. The van der Waals surface area contributed by atoms with E-state index in [2.05, 4.69) is 46.3 Å². The van der Waals surface area contributed by atoms with Crippen molar-refractivity contribution in [3.05, 3.63) is 46.2 Å². The predicted octanol–water partition coefficient (Wildman–Crippen LogP) is 3.62. The van der Waals surface area contributed by atoms with Gasteiger partial charge in [-0.2, -0.15) is 11.3 Å². The Labute approximate surface area is 154 Å². The molecule has 0 bridgehead atoms. The zero-order valence-electron chi connectivity index (χ0n) is 15.3. The lowest BCUT2D eigenvalue weighted by Gasteiger charge is -2.16. The first kappa shape index (κ1) is 19.1. The molecule has 2 rings (SSSR count). The standard InChI is InChI=1S/C19H27N3O2S/c1-5-20-19(21-11-14(2)16-9-10-25-13-16)22-12-15-7-6-8-17(23-3)18(15)24-4/h6-10,13-14H,5,11-12H2,1-4H3,(H2,20,21,22). The summed E-state index contributed by atoms with van der Waals surface area (Å²) in [6.45, 7) is 6.43. The summed E-state index contributed by atoms with van der Waals surface area (Å²) in [6, 6.07) is 8.01. The van der Waals surface area contributed by atoms with E-state index >= 15 is 0 Å². The van der Waals surface area contributed by atoms with Crippen LogP contribution in [0.2, 0.25) is 0 Å². The van der Waals surface area contributed by atoms with Crippen LogP contribution < -0.4 is 20.1 Å². The summed E-state index contributed by atoms with van der Waals surface area (Å²) in [7, 11) is 3.29. The molecular formula is C19H27N3O2S. The minimum atomic E-state index is 0.432. The minimum absolute atomic E-state index is 0.432. The lowest BCUT2D eigenvalue weighted by Crippen LogP contribution is -2.39. The topological polar surface area (TPSA) is 54.9 Å². The minimum Gasteiger partial charge on any atom is -0.493 e. The van der Waals surface area contributed by atoms with Gasteiger partial charge in [0.15, 0.2) is 17.5 Å². The summed E-state index contributed by atoms with van der Waals surface area (Å²) < 4.78 is 10.8. The number of nitrogens with zero attached hydrogens (tertiary/aromatic N) is 1. The van der Waals surface area contributed by atoms with Crippen molar-refractivity contribution in [2.24, 2.45) is 4.99 Å². The highest BCUT2D eigenvalue weighted by Gasteiger charge is 2.10. The molecule has 0 aliphatic heterocycles. The second-order valence-electron chi connectivity index (χ2n) is 5.69. The molecule has 0 saturated heterocycles. The van der Waals surface area contributed by atoms with Crippen molar-refractivity contribution in [2.45, 2.75) is 26.3 Å². The van der Waals surface area contributed by atoms with E-state index in [4.69, 9.17) is 9.47 Å². The number of aliphatic imine (C=N–C) groups is 1. The average molecular weight is 362 g/mol. The zero-order chi connectivity index (χ0) is 18.1. The molecule has 0 aliphatic rings.